The summed E-state index contributed by atoms with van der Waals surface area (Å²) in [7, 11) is 0. The molecule has 0 aliphatic heterocycles. The average Bonchev–Trinajstić information content (AvgIpc) is 2.41. The number of hydrogen-bond acceptors (Lipinski definition) is 1. The van der Waals surface area contributed by atoms with Gasteiger partial charge in [0.15, 0.2) is 0 Å². The van der Waals surface area contributed by atoms with Crippen molar-refractivity contribution < 1.29 is 5.11 Å². The van der Waals surface area contributed by atoms with Crippen LogP contribution in [-0.4, -0.2) is 5.11 Å². The Labute approximate surface area is 129 Å². The molecule has 0 aliphatic rings. The van der Waals surface area contributed by atoms with Crippen LogP contribution >= 0.6 is 15.9 Å². The molecule has 1 unspecified atom stereocenters. The second-order valence-corrected chi connectivity index (χ2v) is 6.52. The van der Waals surface area contributed by atoms with Gasteiger partial charge >= 0.3 is 0 Å². The summed E-state index contributed by atoms with van der Waals surface area (Å²) in [5.74, 6) is 0.619. The highest BCUT2D eigenvalue weighted by Crippen LogP contribution is 2.31. The Kier molecular flexibility index (Phi) is 5.00. The molecule has 2 aromatic carbocycles. The van der Waals surface area contributed by atoms with Crippen molar-refractivity contribution in [1.29, 1.82) is 0 Å². The molecule has 2 rings (SSSR count). The van der Waals surface area contributed by atoms with Crippen molar-refractivity contribution in [3.05, 3.63) is 69.2 Å². The van der Waals surface area contributed by atoms with E-state index < -0.39 is 6.10 Å². The standard InChI is InChI=1S/C18H21BrO/c1-12(2)10-14-7-5-8-15(11-14)18(20)16-9-4-6-13(3)17(16)19/h4-9,11-12,18,20H,10H2,1-3H3. The van der Waals surface area contributed by atoms with Gasteiger partial charge in [0.2, 0.25) is 0 Å². The lowest BCUT2D eigenvalue weighted by Crippen LogP contribution is -2.03. The van der Waals surface area contributed by atoms with E-state index in [-0.39, 0.29) is 0 Å². The molecule has 0 fully saturated rings. The number of aliphatic hydroxyl groups is 1. The third kappa shape index (κ3) is 3.50. The minimum atomic E-state index is -0.587. The minimum Gasteiger partial charge on any atom is -0.384 e. The van der Waals surface area contributed by atoms with Gasteiger partial charge in [0.05, 0.1) is 0 Å². The van der Waals surface area contributed by atoms with Crippen LogP contribution in [0.2, 0.25) is 0 Å². The molecule has 2 heteroatoms. The van der Waals surface area contributed by atoms with E-state index >= 15 is 0 Å². The molecule has 2 aromatic rings. The van der Waals surface area contributed by atoms with Gasteiger partial charge in [-0.2, -0.15) is 0 Å². The Balaban J connectivity index is 2.33. The number of benzene rings is 2. The van der Waals surface area contributed by atoms with Crippen LogP contribution < -0.4 is 0 Å². The number of hydrogen-bond donors (Lipinski definition) is 1. The molecule has 1 nitrogen and oxygen atoms in total. The van der Waals surface area contributed by atoms with Crippen molar-refractivity contribution >= 4 is 15.9 Å². The maximum atomic E-state index is 10.6. The van der Waals surface area contributed by atoms with Gasteiger partial charge in [0, 0.05) is 4.47 Å². The average molecular weight is 333 g/mol. The lowest BCUT2D eigenvalue weighted by atomic mass is 9.96. The lowest BCUT2D eigenvalue weighted by molar-refractivity contribution is 0.219. The van der Waals surface area contributed by atoms with Gasteiger partial charge in [-0.05, 0) is 41.5 Å². The fourth-order valence-electron chi connectivity index (χ4n) is 2.42. The van der Waals surface area contributed by atoms with Crippen LogP contribution in [0.25, 0.3) is 0 Å². The first-order valence-electron chi connectivity index (χ1n) is 7.01. The second-order valence-electron chi connectivity index (χ2n) is 5.72. The molecule has 0 bridgehead atoms. The monoisotopic (exact) mass is 332 g/mol. The molecule has 0 radical (unpaired) electrons. The molecule has 1 atom stereocenters. The van der Waals surface area contributed by atoms with Crippen LogP contribution in [0.5, 0.6) is 0 Å². The highest BCUT2D eigenvalue weighted by Gasteiger charge is 2.15. The van der Waals surface area contributed by atoms with Crippen LogP contribution in [0.15, 0.2) is 46.9 Å². The van der Waals surface area contributed by atoms with Crippen LogP contribution in [0, 0.1) is 12.8 Å². The summed E-state index contributed by atoms with van der Waals surface area (Å²) in [4.78, 5) is 0. The van der Waals surface area contributed by atoms with Gasteiger partial charge in [0.25, 0.3) is 0 Å². The smallest absolute Gasteiger partial charge is 0.105 e. The van der Waals surface area contributed by atoms with E-state index in [1.54, 1.807) is 0 Å². The first kappa shape index (κ1) is 15.3. The maximum Gasteiger partial charge on any atom is 0.105 e. The molecule has 1 N–H and O–H groups in total. The molecule has 106 valence electrons. The highest BCUT2D eigenvalue weighted by molar-refractivity contribution is 9.10. The molecule has 0 spiro atoms. The van der Waals surface area contributed by atoms with E-state index in [0.29, 0.717) is 5.92 Å². The van der Waals surface area contributed by atoms with Crippen LogP contribution in [0.4, 0.5) is 0 Å². The first-order valence-corrected chi connectivity index (χ1v) is 7.80. The third-order valence-corrected chi connectivity index (χ3v) is 4.51. The van der Waals surface area contributed by atoms with Crippen molar-refractivity contribution in [3.8, 4) is 0 Å². The number of aliphatic hydroxyl groups excluding tert-OH is 1. The Hall–Kier alpha value is -1.12. The van der Waals surface area contributed by atoms with Crippen molar-refractivity contribution in [1.82, 2.24) is 0 Å². The molecular weight excluding hydrogens is 312 g/mol. The summed E-state index contributed by atoms with van der Waals surface area (Å²) in [6.45, 7) is 6.45. The fraction of sp³-hybridized carbons (Fsp3) is 0.333. The zero-order chi connectivity index (χ0) is 14.7. The minimum absolute atomic E-state index is 0.587. The highest BCUT2D eigenvalue weighted by atomic mass is 79.9. The van der Waals surface area contributed by atoms with Gasteiger partial charge in [-0.15, -0.1) is 0 Å². The normalized spacial score (nSPS) is 12.7. The second kappa shape index (κ2) is 6.55. The molecule has 20 heavy (non-hydrogen) atoms. The molecule has 0 saturated carbocycles. The van der Waals surface area contributed by atoms with Gasteiger partial charge in [0.1, 0.15) is 6.10 Å². The molecule has 0 heterocycles. The molecular formula is C18H21BrO. The fourth-order valence-corrected chi connectivity index (χ4v) is 2.90. The van der Waals surface area contributed by atoms with Gasteiger partial charge in [-0.1, -0.05) is 72.2 Å². The zero-order valence-corrected chi connectivity index (χ0v) is 13.8. The van der Waals surface area contributed by atoms with Crippen LogP contribution in [-0.2, 0) is 6.42 Å². The van der Waals surface area contributed by atoms with Gasteiger partial charge < -0.3 is 5.11 Å². The summed E-state index contributed by atoms with van der Waals surface area (Å²) in [6.07, 6.45) is 0.451. The van der Waals surface area contributed by atoms with E-state index in [1.807, 2.05) is 37.3 Å². The molecule has 0 saturated heterocycles. The van der Waals surface area contributed by atoms with E-state index in [2.05, 4.69) is 41.9 Å². The Bertz CT molecular complexity index is 590. The van der Waals surface area contributed by atoms with E-state index in [9.17, 15) is 5.11 Å². The molecule has 0 aliphatic carbocycles. The van der Waals surface area contributed by atoms with E-state index in [0.717, 1.165) is 27.6 Å². The van der Waals surface area contributed by atoms with E-state index in [4.69, 9.17) is 0 Å². The predicted octanol–water partition coefficient (Wildman–Crippen LogP) is 5.04. The summed E-state index contributed by atoms with van der Waals surface area (Å²) in [6, 6.07) is 14.2. The Morgan fingerprint density at radius 3 is 2.50 bits per heavy atom. The van der Waals surface area contributed by atoms with Crippen molar-refractivity contribution in [3.63, 3.8) is 0 Å². The summed E-state index contributed by atoms with van der Waals surface area (Å²) < 4.78 is 0.988. The third-order valence-electron chi connectivity index (χ3n) is 3.43. The number of aryl methyl sites for hydroxylation is 1. The van der Waals surface area contributed by atoms with Crippen LogP contribution in [0.1, 0.15) is 42.2 Å². The number of halogens is 1. The van der Waals surface area contributed by atoms with Gasteiger partial charge in [-0.25, -0.2) is 0 Å². The largest absolute Gasteiger partial charge is 0.384 e. The zero-order valence-electron chi connectivity index (χ0n) is 12.2. The summed E-state index contributed by atoms with van der Waals surface area (Å²) in [5, 5.41) is 10.6. The maximum absolute atomic E-state index is 10.6. The molecule has 0 aromatic heterocycles. The van der Waals surface area contributed by atoms with Crippen molar-refractivity contribution in [2.24, 2.45) is 5.92 Å². The SMILES string of the molecule is Cc1cccc(C(O)c2cccc(CC(C)C)c2)c1Br. The van der Waals surface area contributed by atoms with Crippen molar-refractivity contribution in [2.45, 2.75) is 33.3 Å². The first-order chi connectivity index (χ1) is 9.49. The Morgan fingerprint density at radius 2 is 1.80 bits per heavy atom. The quantitative estimate of drug-likeness (QED) is 0.831. The summed E-state index contributed by atoms with van der Waals surface area (Å²) >= 11 is 3.58. The Morgan fingerprint density at radius 1 is 1.10 bits per heavy atom. The predicted molar refractivity (Wildman–Crippen MR) is 87.9 cm³/mol. The van der Waals surface area contributed by atoms with Crippen LogP contribution in [0.3, 0.4) is 0 Å². The number of rotatable bonds is 4. The topological polar surface area (TPSA) is 20.2 Å². The van der Waals surface area contributed by atoms with E-state index in [1.165, 1.54) is 5.56 Å². The van der Waals surface area contributed by atoms with Crippen molar-refractivity contribution in [2.75, 3.05) is 0 Å². The van der Waals surface area contributed by atoms with Gasteiger partial charge in [-0.3, -0.25) is 0 Å². The molecule has 0 amide bonds. The summed E-state index contributed by atoms with van der Waals surface area (Å²) in [5.41, 5.74) is 4.29. The lowest BCUT2D eigenvalue weighted by Gasteiger charge is -2.16.